The lowest BCUT2D eigenvalue weighted by atomic mass is 9.89. The van der Waals surface area contributed by atoms with Crippen molar-refractivity contribution < 1.29 is 5.11 Å². The molecule has 0 bridgehead atoms. The molecule has 4 aliphatic rings. The van der Waals surface area contributed by atoms with Crippen molar-refractivity contribution in [3.63, 3.8) is 0 Å². The minimum atomic E-state index is -0.322. The normalized spacial score (nSPS) is 42.2. The number of rotatable bonds is 0. The van der Waals surface area contributed by atoms with Gasteiger partial charge >= 0.3 is 0 Å². The van der Waals surface area contributed by atoms with Gasteiger partial charge in [0.2, 0.25) is 0 Å². The monoisotopic (exact) mass is 260 g/mol. The summed E-state index contributed by atoms with van der Waals surface area (Å²) in [5.41, 5.74) is 2.65. The molecular formula is C16H24N2O. The van der Waals surface area contributed by atoms with Crippen molar-refractivity contribution in [3.8, 4) is 0 Å². The summed E-state index contributed by atoms with van der Waals surface area (Å²) in [5, 5.41) is 14.5. The van der Waals surface area contributed by atoms with Crippen molar-refractivity contribution in [1.29, 1.82) is 0 Å². The van der Waals surface area contributed by atoms with E-state index in [1.165, 1.54) is 43.4 Å². The fourth-order valence-electron chi connectivity index (χ4n) is 4.60. The molecule has 0 spiro atoms. The number of hydrogen-bond donors (Lipinski definition) is 2. The Morgan fingerprint density at radius 2 is 2.16 bits per heavy atom. The van der Waals surface area contributed by atoms with Crippen LogP contribution in [0.5, 0.6) is 0 Å². The molecule has 0 aromatic heterocycles. The molecule has 104 valence electrons. The standard InChI is InChI=1S/C16H24N2O/c19-16-13-6-2-3-7-14(13)17-10-12-9-11-5-1-4-8-15(11)18(12)16/h1,5,11-12,15-17,19H,2-4,6-10H2/t11?,12-,15?,16?/m0/s1. The van der Waals surface area contributed by atoms with Crippen LogP contribution >= 0.6 is 0 Å². The molecule has 3 heteroatoms. The van der Waals surface area contributed by atoms with Gasteiger partial charge in [-0.1, -0.05) is 12.2 Å². The van der Waals surface area contributed by atoms with Gasteiger partial charge in [-0.05, 0) is 56.4 Å². The molecule has 1 saturated heterocycles. The second-order valence-corrected chi connectivity index (χ2v) is 6.54. The number of nitrogens with one attached hydrogen (secondary N) is 1. The quantitative estimate of drug-likeness (QED) is 0.655. The van der Waals surface area contributed by atoms with Crippen molar-refractivity contribution in [2.75, 3.05) is 6.54 Å². The van der Waals surface area contributed by atoms with Gasteiger partial charge in [-0.15, -0.1) is 0 Å². The van der Waals surface area contributed by atoms with E-state index in [4.69, 9.17) is 0 Å². The second kappa shape index (κ2) is 4.64. The number of aliphatic hydroxyl groups is 1. The van der Waals surface area contributed by atoms with Crippen LogP contribution in [0.25, 0.3) is 0 Å². The summed E-state index contributed by atoms with van der Waals surface area (Å²) in [4.78, 5) is 2.44. The van der Waals surface area contributed by atoms with Crippen LogP contribution in [0.4, 0.5) is 0 Å². The average molecular weight is 260 g/mol. The van der Waals surface area contributed by atoms with Crippen LogP contribution in [0.2, 0.25) is 0 Å². The predicted molar refractivity (Wildman–Crippen MR) is 75.4 cm³/mol. The highest BCUT2D eigenvalue weighted by molar-refractivity contribution is 5.24. The number of nitrogens with zero attached hydrogens (tertiary/aromatic N) is 1. The Kier molecular flexibility index (Phi) is 2.92. The lowest BCUT2D eigenvalue weighted by Crippen LogP contribution is -2.47. The van der Waals surface area contributed by atoms with E-state index in [-0.39, 0.29) is 6.23 Å². The molecule has 2 aliphatic carbocycles. The Bertz CT molecular complexity index is 428. The lowest BCUT2D eigenvalue weighted by Gasteiger charge is -2.36. The van der Waals surface area contributed by atoms with Crippen LogP contribution in [-0.2, 0) is 0 Å². The lowest BCUT2D eigenvalue weighted by molar-refractivity contribution is -0.00789. The minimum absolute atomic E-state index is 0.322. The number of allylic oxidation sites excluding steroid dienone is 2. The molecule has 1 fully saturated rings. The van der Waals surface area contributed by atoms with Gasteiger partial charge in [-0.3, -0.25) is 4.90 Å². The molecule has 2 heterocycles. The first-order valence-corrected chi connectivity index (χ1v) is 7.92. The van der Waals surface area contributed by atoms with E-state index in [9.17, 15) is 5.11 Å². The van der Waals surface area contributed by atoms with Gasteiger partial charge in [0.05, 0.1) is 0 Å². The molecule has 0 amide bonds. The molecule has 0 saturated carbocycles. The van der Waals surface area contributed by atoms with Crippen LogP contribution in [0.1, 0.15) is 44.9 Å². The maximum atomic E-state index is 10.9. The van der Waals surface area contributed by atoms with E-state index in [2.05, 4.69) is 22.4 Å². The Hall–Kier alpha value is -0.800. The highest BCUT2D eigenvalue weighted by Gasteiger charge is 2.45. The Balaban J connectivity index is 1.67. The van der Waals surface area contributed by atoms with Gasteiger partial charge in [0.25, 0.3) is 0 Å². The fraction of sp³-hybridized carbons (Fsp3) is 0.750. The molecule has 4 rings (SSSR count). The first-order valence-electron chi connectivity index (χ1n) is 7.92. The van der Waals surface area contributed by atoms with Crippen LogP contribution in [0.3, 0.4) is 0 Å². The van der Waals surface area contributed by atoms with Crippen molar-refractivity contribution in [2.24, 2.45) is 5.92 Å². The van der Waals surface area contributed by atoms with Gasteiger partial charge in [-0.2, -0.15) is 0 Å². The summed E-state index contributed by atoms with van der Waals surface area (Å²) < 4.78 is 0. The Morgan fingerprint density at radius 1 is 1.26 bits per heavy atom. The zero-order valence-corrected chi connectivity index (χ0v) is 11.5. The third kappa shape index (κ3) is 1.86. The highest BCUT2D eigenvalue weighted by atomic mass is 16.3. The van der Waals surface area contributed by atoms with Crippen LogP contribution in [-0.4, -0.2) is 34.9 Å². The molecule has 0 aromatic carbocycles. The van der Waals surface area contributed by atoms with E-state index in [0.717, 1.165) is 19.4 Å². The fourth-order valence-corrected chi connectivity index (χ4v) is 4.60. The SMILES string of the molecule is OC1C2=C(CCCC2)NC[C@@H]2CC3C=CCCC3N12. The summed E-state index contributed by atoms with van der Waals surface area (Å²) in [7, 11) is 0. The van der Waals surface area contributed by atoms with Crippen molar-refractivity contribution in [1.82, 2.24) is 10.2 Å². The molecule has 0 radical (unpaired) electrons. The first kappa shape index (κ1) is 12.0. The van der Waals surface area contributed by atoms with Gasteiger partial charge in [-0.25, -0.2) is 0 Å². The van der Waals surface area contributed by atoms with Crippen molar-refractivity contribution >= 4 is 0 Å². The minimum Gasteiger partial charge on any atom is -0.387 e. The average Bonchev–Trinajstić information content (AvgIpc) is 2.76. The third-order valence-corrected chi connectivity index (χ3v) is 5.51. The maximum absolute atomic E-state index is 10.9. The maximum Gasteiger partial charge on any atom is 0.132 e. The van der Waals surface area contributed by atoms with Crippen molar-refractivity contribution in [2.45, 2.75) is 63.3 Å². The van der Waals surface area contributed by atoms with E-state index < -0.39 is 0 Å². The Labute approximate surface area is 115 Å². The van der Waals surface area contributed by atoms with E-state index >= 15 is 0 Å². The molecule has 0 aromatic rings. The number of hydrogen-bond acceptors (Lipinski definition) is 3. The molecule has 4 atom stereocenters. The summed E-state index contributed by atoms with van der Waals surface area (Å²) >= 11 is 0. The molecule has 19 heavy (non-hydrogen) atoms. The highest BCUT2D eigenvalue weighted by Crippen LogP contribution is 2.41. The van der Waals surface area contributed by atoms with Gasteiger partial charge in [0.15, 0.2) is 0 Å². The van der Waals surface area contributed by atoms with E-state index in [1.807, 2.05) is 0 Å². The summed E-state index contributed by atoms with van der Waals surface area (Å²) in [5.74, 6) is 0.668. The van der Waals surface area contributed by atoms with Crippen molar-refractivity contribution in [3.05, 3.63) is 23.4 Å². The largest absolute Gasteiger partial charge is 0.387 e. The summed E-state index contributed by atoms with van der Waals surface area (Å²) in [6.45, 7) is 1.02. The summed E-state index contributed by atoms with van der Waals surface area (Å²) in [6, 6.07) is 1.08. The number of aliphatic hydroxyl groups excluding tert-OH is 1. The van der Waals surface area contributed by atoms with Crippen LogP contribution in [0.15, 0.2) is 23.4 Å². The van der Waals surface area contributed by atoms with Crippen LogP contribution < -0.4 is 5.32 Å². The zero-order chi connectivity index (χ0) is 12.8. The zero-order valence-electron chi connectivity index (χ0n) is 11.5. The van der Waals surface area contributed by atoms with Gasteiger partial charge in [0.1, 0.15) is 6.23 Å². The van der Waals surface area contributed by atoms with E-state index in [1.54, 1.807) is 0 Å². The number of fused-ring (bicyclic) bond motifs is 3. The predicted octanol–water partition coefficient (Wildman–Crippen LogP) is 2.15. The first-order chi connectivity index (χ1) is 9.34. The molecular weight excluding hydrogens is 236 g/mol. The van der Waals surface area contributed by atoms with Gasteiger partial charge < -0.3 is 10.4 Å². The molecule has 3 nitrogen and oxygen atoms in total. The topological polar surface area (TPSA) is 35.5 Å². The van der Waals surface area contributed by atoms with Gasteiger partial charge in [0, 0.05) is 24.3 Å². The summed E-state index contributed by atoms with van der Waals surface area (Å²) in [6.07, 6.45) is 12.8. The molecule has 3 unspecified atom stereocenters. The second-order valence-electron chi connectivity index (χ2n) is 6.54. The smallest absolute Gasteiger partial charge is 0.132 e. The van der Waals surface area contributed by atoms with E-state index in [0.29, 0.717) is 18.0 Å². The molecule has 2 N–H and O–H groups in total. The Morgan fingerprint density at radius 3 is 3.11 bits per heavy atom. The van der Waals surface area contributed by atoms with Crippen LogP contribution in [0, 0.1) is 5.92 Å². The third-order valence-electron chi connectivity index (χ3n) is 5.51. The molecule has 2 aliphatic heterocycles.